The van der Waals surface area contributed by atoms with Crippen molar-refractivity contribution < 1.29 is 4.52 Å². The van der Waals surface area contributed by atoms with Crippen LogP contribution in [0.4, 0.5) is 5.82 Å². The van der Waals surface area contributed by atoms with E-state index in [1.165, 1.54) is 0 Å². The van der Waals surface area contributed by atoms with Crippen LogP contribution in [0.15, 0.2) is 22.3 Å². The molecule has 1 aliphatic carbocycles. The van der Waals surface area contributed by atoms with Crippen molar-refractivity contribution in [1.29, 1.82) is 0 Å². The molecule has 0 amide bonds. The third-order valence-electron chi connectivity index (χ3n) is 5.69. The van der Waals surface area contributed by atoms with Gasteiger partial charge in [-0.2, -0.15) is 4.98 Å². The Morgan fingerprint density at radius 3 is 3.00 bits per heavy atom. The highest BCUT2D eigenvalue weighted by molar-refractivity contribution is 7.16. The molecule has 1 saturated heterocycles. The molecular weight excluding hydrogens is 348 g/mol. The summed E-state index contributed by atoms with van der Waals surface area (Å²) in [5.41, 5.74) is 6.08. The van der Waals surface area contributed by atoms with Crippen LogP contribution in [0.25, 0.3) is 10.2 Å². The maximum Gasteiger partial charge on any atom is 0.231 e. The quantitative estimate of drug-likeness (QED) is 0.756. The Morgan fingerprint density at radius 1 is 1.23 bits per heavy atom. The van der Waals surface area contributed by atoms with Gasteiger partial charge in [-0.05, 0) is 37.1 Å². The third kappa shape index (κ3) is 2.68. The van der Waals surface area contributed by atoms with Gasteiger partial charge in [0.25, 0.3) is 0 Å². The van der Waals surface area contributed by atoms with Crippen molar-refractivity contribution in [3.63, 3.8) is 0 Å². The van der Waals surface area contributed by atoms with Crippen LogP contribution < -0.4 is 10.6 Å². The number of fused-ring (bicyclic) bond motifs is 1. The summed E-state index contributed by atoms with van der Waals surface area (Å²) in [5, 5.41) is 7.42. The van der Waals surface area contributed by atoms with E-state index in [0.717, 1.165) is 73.5 Å². The molecule has 2 N–H and O–H groups in total. The number of piperidine rings is 1. The summed E-state index contributed by atoms with van der Waals surface area (Å²) in [7, 11) is 0. The largest absolute Gasteiger partial charge is 0.355 e. The molecule has 136 valence electrons. The van der Waals surface area contributed by atoms with Crippen LogP contribution in [0.3, 0.4) is 0 Å². The molecule has 2 aliphatic rings. The lowest BCUT2D eigenvalue weighted by Crippen LogP contribution is -2.36. The number of hydrogen-bond donors (Lipinski definition) is 1. The predicted molar refractivity (Wildman–Crippen MR) is 100 cm³/mol. The van der Waals surface area contributed by atoms with E-state index in [4.69, 9.17) is 15.2 Å². The average Bonchev–Trinajstić information content (AvgIpc) is 3.42. The van der Waals surface area contributed by atoms with Gasteiger partial charge in [0.1, 0.15) is 17.0 Å². The molecule has 8 heteroatoms. The van der Waals surface area contributed by atoms with Crippen molar-refractivity contribution in [2.24, 2.45) is 5.73 Å². The predicted octanol–water partition coefficient (Wildman–Crippen LogP) is 3.19. The van der Waals surface area contributed by atoms with Crippen molar-refractivity contribution in [3.8, 4) is 0 Å². The summed E-state index contributed by atoms with van der Waals surface area (Å²) < 4.78 is 5.64. The van der Waals surface area contributed by atoms with Crippen LogP contribution in [0.5, 0.6) is 0 Å². The van der Waals surface area contributed by atoms with Crippen molar-refractivity contribution in [2.45, 2.75) is 50.0 Å². The highest BCUT2D eigenvalue weighted by Gasteiger charge is 2.37. The molecule has 3 aromatic heterocycles. The van der Waals surface area contributed by atoms with Gasteiger partial charge in [-0.25, -0.2) is 9.97 Å². The van der Waals surface area contributed by atoms with Gasteiger partial charge >= 0.3 is 0 Å². The molecule has 26 heavy (non-hydrogen) atoms. The number of rotatable bonds is 3. The molecule has 1 saturated carbocycles. The molecule has 0 bridgehead atoms. The van der Waals surface area contributed by atoms with Gasteiger partial charge in [-0.15, -0.1) is 11.3 Å². The molecule has 1 unspecified atom stereocenters. The van der Waals surface area contributed by atoms with E-state index in [0.29, 0.717) is 5.82 Å². The molecule has 1 atom stereocenters. The Hall–Kier alpha value is -2.06. The Labute approximate surface area is 155 Å². The fourth-order valence-corrected chi connectivity index (χ4v) is 4.96. The van der Waals surface area contributed by atoms with E-state index in [1.807, 2.05) is 0 Å². The van der Waals surface area contributed by atoms with Gasteiger partial charge < -0.3 is 15.2 Å². The Balaban J connectivity index is 1.39. The van der Waals surface area contributed by atoms with E-state index in [9.17, 15) is 0 Å². The second kappa shape index (κ2) is 6.28. The molecule has 0 radical (unpaired) electrons. The third-order valence-corrected chi connectivity index (χ3v) is 6.51. The summed E-state index contributed by atoms with van der Waals surface area (Å²) in [5.74, 6) is 2.63. The summed E-state index contributed by atoms with van der Waals surface area (Å²) in [4.78, 5) is 17.0. The number of aromatic nitrogens is 4. The van der Waals surface area contributed by atoms with Crippen LogP contribution in [-0.2, 0) is 5.54 Å². The Kier molecular flexibility index (Phi) is 3.90. The Morgan fingerprint density at radius 2 is 2.12 bits per heavy atom. The van der Waals surface area contributed by atoms with Gasteiger partial charge in [-0.3, -0.25) is 0 Å². The monoisotopic (exact) mass is 370 g/mol. The number of hydrogen-bond acceptors (Lipinski definition) is 8. The molecule has 3 aromatic rings. The fourth-order valence-electron chi connectivity index (χ4n) is 4.23. The van der Waals surface area contributed by atoms with Gasteiger partial charge in [0, 0.05) is 13.1 Å². The highest BCUT2D eigenvalue weighted by Crippen LogP contribution is 2.37. The van der Waals surface area contributed by atoms with Gasteiger partial charge in [-0.1, -0.05) is 18.0 Å². The van der Waals surface area contributed by atoms with E-state index in [1.54, 1.807) is 17.7 Å². The summed E-state index contributed by atoms with van der Waals surface area (Å²) in [6.45, 7) is 1.82. The van der Waals surface area contributed by atoms with Crippen LogP contribution in [0.1, 0.15) is 56.2 Å². The minimum atomic E-state index is -0.397. The first-order valence-electron chi connectivity index (χ1n) is 9.29. The lowest BCUT2D eigenvalue weighted by molar-refractivity contribution is 0.320. The number of thiophene rings is 1. The molecule has 7 nitrogen and oxygen atoms in total. The first-order valence-corrected chi connectivity index (χ1v) is 10.2. The van der Waals surface area contributed by atoms with Crippen molar-refractivity contribution in [1.82, 2.24) is 20.1 Å². The zero-order chi connectivity index (χ0) is 17.6. The van der Waals surface area contributed by atoms with Crippen molar-refractivity contribution in [2.75, 3.05) is 18.0 Å². The van der Waals surface area contributed by atoms with Crippen LogP contribution in [0.2, 0.25) is 0 Å². The fraction of sp³-hybridized carbons (Fsp3) is 0.556. The number of anilines is 1. The standard InChI is InChI=1S/C18H22N6OS/c19-18(6-1-2-7-18)17-22-15(25-23-17)12-4-3-8-24(10-12)14-13-5-9-26-16(13)21-11-20-14/h5,9,11-12H,1-4,6-8,10,19H2. The lowest BCUT2D eigenvalue weighted by atomic mass is 9.96. The SMILES string of the molecule is NC1(c2noc(C3CCCN(c4ncnc5sccc45)C3)n2)CCCC1. The van der Waals surface area contributed by atoms with Gasteiger partial charge in [0.15, 0.2) is 5.82 Å². The summed E-state index contributed by atoms with van der Waals surface area (Å²) >= 11 is 1.65. The first kappa shape index (κ1) is 16.1. The number of nitrogens with zero attached hydrogens (tertiary/aromatic N) is 5. The summed E-state index contributed by atoms with van der Waals surface area (Å²) in [6.07, 6.45) is 7.95. The zero-order valence-electron chi connectivity index (χ0n) is 14.6. The van der Waals surface area contributed by atoms with Gasteiger partial charge in [0.2, 0.25) is 5.89 Å². The van der Waals surface area contributed by atoms with E-state index < -0.39 is 5.54 Å². The second-order valence-electron chi connectivity index (χ2n) is 7.44. The molecule has 2 fully saturated rings. The topological polar surface area (TPSA) is 94.0 Å². The molecule has 5 rings (SSSR count). The van der Waals surface area contributed by atoms with Crippen molar-refractivity contribution in [3.05, 3.63) is 29.5 Å². The second-order valence-corrected chi connectivity index (χ2v) is 8.34. The normalized spacial score (nSPS) is 23.0. The first-order chi connectivity index (χ1) is 12.7. The molecule has 4 heterocycles. The molecule has 0 aromatic carbocycles. The molecule has 1 aliphatic heterocycles. The molecular formula is C18H22N6OS. The van der Waals surface area contributed by atoms with Crippen LogP contribution in [-0.4, -0.2) is 33.2 Å². The minimum Gasteiger partial charge on any atom is -0.355 e. The molecule has 0 spiro atoms. The highest BCUT2D eigenvalue weighted by atomic mass is 32.1. The Bertz CT molecular complexity index is 915. The smallest absolute Gasteiger partial charge is 0.231 e. The average molecular weight is 370 g/mol. The van der Waals surface area contributed by atoms with Crippen molar-refractivity contribution >= 4 is 27.4 Å². The van der Waals surface area contributed by atoms with Crippen LogP contribution >= 0.6 is 11.3 Å². The minimum absolute atomic E-state index is 0.221. The lowest BCUT2D eigenvalue weighted by Gasteiger charge is -2.32. The zero-order valence-corrected chi connectivity index (χ0v) is 15.4. The maximum absolute atomic E-state index is 6.48. The number of nitrogens with two attached hydrogens (primary N) is 1. The van der Waals surface area contributed by atoms with E-state index in [2.05, 4.69) is 31.5 Å². The van der Waals surface area contributed by atoms with E-state index in [-0.39, 0.29) is 5.92 Å². The van der Waals surface area contributed by atoms with E-state index >= 15 is 0 Å². The summed E-state index contributed by atoms with van der Waals surface area (Å²) in [6, 6.07) is 2.10. The van der Waals surface area contributed by atoms with Crippen LogP contribution in [0, 0.1) is 0 Å². The van der Waals surface area contributed by atoms with Gasteiger partial charge in [0.05, 0.1) is 16.8 Å². The maximum atomic E-state index is 6.48.